The lowest BCUT2D eigenvalue weighted by Crippen LogP contribution is -2.31. The maximum Gasteiger partial charge on any atom is 0.490 e. The molecular weight excluding hydrogens is 933 g/mol. The van der Waals surface area contributed by atoms with Gasteiger partial charge in [-0.3, -0.25) is 14.3 Å². The van der Waals surface area contributed by atoms with Gasteiger partial charge in [0.05, 0.1) is 34.7 Å². The number of fused-ring (bicyclic) bond motifs is 1. The van der Waals surface area contributed by atoms with Crippen molar-refractivity contribution in [2.24, 2.45) is 10.8 Å². The van der Waals surface area contributed by atoms with E-state index in [1.54, 1.807) is 45.9 Å². The molecule has 3 heterocycles. The minimum Gasteiger partial charge on any atom is -0.456 e. The fourth-order valence-electron chi connectivity index (χ4n) is 6.09. The summed E-state index contributed by atoms with van der Waals surface area (Å²) in [7, 11) is -14.2. The molecule has 29 heteroatoms. The molecule has 5 unspecified atom stereocenters. The first-order valence-corrected chi connectivity index (χ1v) is 25.0. The number of aromatic amines is 1. The molecule has 63 heavy (non-hydrogen) atoms. The Morgan fingerprint density at radius 2 is 1.73 bits per heavy atom. The third kappa shape index (κ3) is 13.5. The summed E-state index contributed by atoms with van der Waals surface area (Å²) < 4.78 is 66.8. The molecule has 1 aliphatic rings. The molecule has 0 aliphatic carbocycles. The molecule has 0 spiro atoms. The topological polar surface area (TPSA) is 373 Å². The van der Waals surface area contributed by atoms with Crippen molar-refractivity contribution in [2.45, 2.75) is 50.0 Å². The SMILES string of the molecule is CC(N=[N+]=[N-])c1ccccc1C(=O)OC1C[C@H](n2cc(C#CCOC(=O)c3ccccc3C(C)SSCCN)c3c(=O)[nH]c(N)nc32)O[C@@H]1COP(=O)(O)OP(=O)(O)OP(=O)(O)O. The number of carbonyl (C=O) groups is 2. The summed E-state index contributed by atoms with van der Waals surface area (Å²) in [5.41, 5.74) is 21.1. The summed E-state index contributed by atoms with van der Waals surface area (Å²) in [4.78, 5) is 87.0. The number of hydrogen-bond acceptors (Lipinski definition) is 18. The van der Waals surface area contributed by atoms with Crippen LogP contribution in [0.5, 0.6) is 0 Å². The van der Waals surface area contributed by atoms with Gasteiger partial charge < -0.3 is 49.8 Å². The molecule has 2 aromatic heterocycles. The number of hydrogen-bond donors (Lipinski definition) is 7. The summed E-state index contributed by atoms with van der Waals surface area (Å²) in [5.74, 6) is 4.30. The van der Waals surface area contributed by atoms with Crippen LogP contribution in [0.2, 0.25) is 0 Å². The van der Waals surface area contributed by atoms with Gasteiger partial charge in [-0.25, -0.2) is 23.3 Å². The number of azide groups is 1. The van der Waals surface area contributed by atoms with Crippen molar-refractivity contribution in [3.63, 3.8) is 0 Å². The van der Waals surface area contributed by atoms with Crippen LogP contribution in [0.15, 0.2) is 64.6 Å². The Bertz CT molecular complexity index is 2660. The van der Waals surface area contributed by atoms with Crippen LogP contribution in [0, 0.1) is 11.8 Å². The average Bonchev–Trinajstić information content (AvgIpc) is 3.78. The van der Waals surface area contributed by atoms with Crippen LogP contribution in [0.4, 0.5) is 5.95 Å². The normalized spacial score (nSPS) is 19.1. The van der Waals surface area contributed by atoms with Crippen LogP contribution in [0.1, 0.15) is 75.2 Å². The second-order valence-corrected chi connectivity index (χ2v) is 20.3. The summed E-state index contributed by atoms with van der Waals surface area (Å²) >= 11 is 0. The summed E-state index contributed by atoms with van der Waals surface area (Å²) in [6, 6.07) is 12.1. The van der Waals surface area contributed by atoms with Crippen molar-refractivity contribution in [1.29, 1.82) is 0 Å². The van der Waals surface area contributed by atoms with E-state index in [1.807, 2.05) is 13.0 Å². The molecule has 0 radical (unpaired) electrons. The van der Waals surface area contributed by atoms with Crippen molar-refractivity contribution in [2.75, 3.05) is 31.2 Å². The van der Waals surface area contributed by atoms with E-state index < -0.39 is 78.7 Å². The van der Waals surface area contributed by atoms with E-state index in [1.165, 1.54) is 35.9 Å². The first-order chi connectivity index (χ1) is 29.7. The van der Waals surface area contributed by atoms with Crippen LogP contribution < -0.4 is 17.0 Å². The monoisotopic (exact) mass is 972 g/mol. The van der Waals surface area contributed by atoms with Crippen molar-refractivity contribution in [3.05, 3.63) is 103 Å². The third-order valence-electron chi connectivity index (χ3n) is 8.65. The molecule has 9 N–H and O–H groups in total. The fourth-order valence-corrected chi connectivity index (χ4v) is 11.3. The zero-order valence-electron chi connectivity index (χ0n) is 32.9. The van der Waals surface area contributed by atoms with Crippen LogP contribution in [-0.2, 0) is 41.1 Å². The second-order valence-electron chi connectivity index (χ2n) is 13.1. The van der Waals surface area contributed by atoms with Gasteiger partial charge in [-0.15, -0.1) is 0 Å². The summed E-state index contributed by atoms with van der Waals surface area (Å²) in [6.07, 6.45) is -3.07. The maximum absolute atomic E-state index is 13.7. The lowest BCUT2D eigenvalue weighted by Gasteiger charge is -2.21. The van der Waals surface area contributed by atoms with Gasteiger partial charge in [-0.2, -0.15) is 13.6 Å². The lowest BCUT2D eigenvalue weighted by atomic mass is 10.0. The number of aromatic nitrogens is 3. The van der Waals surface area contributed by atoms with E-state index in [0.29, 0.717) is 12.1 Å². The van der Waals surface area contributed by atoms with Gasteiger partial charge in [-0.05, 0) is 35.7 Å². The van der Waals surface area contributed by atoms with E-state index in [0.717, 1.165) is 11.3 Å². The number of nitrogens with zero attached hydrogens (tertiary/aromatic N) is 5. The van der Waals surface area contributed by atoms with E-state index in [4.69, 9.17) is 45.5 Å². The molecule has 1 saturated heterocycles. The van der Waals surface area contributed by atoms with Gasteiger partial charge in [0.15, 0.2) is 12.3 Å². The van der Waals surface area contributed by atoms with Gasteiger partial charge in [0.25, 0.3) is 5.56 Å². The third-order valence-corrected chi connectivity index (χ3v) is 15.3. The van der Waals surface area contributed by atoms with Crippen molar-refractivity contribution >= 4 is 74.0 Å². The number of rotatable bonds is 19. The quantitative estimate of drug-likeness (QED) is 0.00934. The number of phosphoric acid groups is 3. The molecule has 2 aromatic carbocycles. The van der Waals surface area contributed by atoms with Crippen molar-refractivity contribution < 1.29 is 70.2 Å². The molecule has 0 amide bonds. The van der Waals surface area contributed by atoms with Crippen LogP contribution >= 0.6 is 45.1 Å². The molecule has 1 aliphatic heterocycles. The molecule has 24 nitrogen and oxygen atoms in total. The Balaban J connectivity index is 1.43. The minimum absolute atomic E-state index is 0.0310. The zero-order valence-corrected chi connectivity index (χ0v) is 37.2. The average molecular weight is 973 g/mol. The Labute approximate surface area is 364 Å². The maximum atomic E-state index is 13.7. The largest absolute Gasteiger partial charge is 0.490 e. The Morgan fingerprint density at radius 1 is 1.06 bits per heavy atom. The summed E-state index contributed by atoms with van der Waals surface area (Å²) in [6.45, 7) is 2.54. The van der Waals surface area contributed by atoms with Crippen molar-refractivity contribution in [3.8, 4) is 11.8 Å². The van der Waals surface area contributed by atoms with Crippen LogP contribution in [0.3, 0.4) is 0 Å². The van der Waals surface area contributed by atoms with Gasteiger partial charge in [0.1, 0.15) is 18.4 Å². The zero-order chi connectivity index (χ0) is 46.1. The van der Waals surface area contributed by atoms with E-state index in [9.17, 15) is 37.9 Å². The predicted octanol–water partition coefficient (Wildman–Crippen LogP) is 5.14. The highest BCUT2D eigenvalue weighted by atomic mass is 33.1. The molecule has 0 bridgehead atoms. The molecule has 4 aromatic rings. The number of phosphoric ester groups is 1. The highest BCUT2D eigenvalue weighted by Gasteiger charge is 2.45. The van der Waals surface area contributed by atoms with Crippen LogP contribution in [0.25, 0.3) is 21.5 Å². The van der Waals surface area contributed by atoms with Gasteiger partial charge in [0, 0.05) is 35.1 Å². The smallest absolute Gasteiger partial charge is 0.456 e. The number of H-pyrrole nitrogens is 1. The second kappa shape index (κ2) is 21.5. The molecule has 5 rings (SSSR count). The Hall–Kier alpha value is -4.50. The molecule has 7 atom stereocenters. The minimum atomic E-state index is -5.90. The summed E-state index contributed by atoms with van der Waals surface area (Å²) in [5, 5.41) is 3.48. The number of nitrogen functional groups attached to an aromatic ring is 1. The molecule has 338 valence electrons. The lowest BCUT2D eigenvalue weighted by molar-refractivity contribution is -0.0489. The standard InChI is InChI=1S/C34H39N8O16P3S2/c1-19(40-41-37)22-9-3-5-11-24(22)33(45)56-26-16-28(55-27(26)18-54-60(49,50)58-61(51,52)57-59(46,47)48)42-17-21(29-30(42)38-34(36)39-31(29)43)8-7-14-53-32(44)25-12-6-4-10-23(25)20(2)63-62-15-13-35/h3-6,9-12,17,19-20,26-28H,13-16,18,35H2,1-2H3,(H,49,50)(H,51,52)(H2,46,47,48)(H3,36,38,39,43)/t19?,20?,26?,27-,28-/m1/s1. The van der Waals surface area contributed by atoms with Gasteiger partial charge in [-0.1, -0.05) is 81.9 Å². The Kier molecular flexibility index (Phi) is 16.9. The highest BCUT2D eigenvalue weighted by Crippen LogP contribution is 2.66. The van der Waals surface area contributed by atoms with E-state index >= 15 is 0 Å². The number of nitrogens with two attached hydrogens (primary N) is 2. The number of nitrogens with one attached hydrogen (secondary N) is 1. The van der Waals surface area contributed by atoms with Gasteiger partial charge in [0.2, 0.25) is 5.95 Å². The van der Waals surface area contributed by atoms with Gasteiger partial charge >= 0.3 is 35.4 Å². The number of anilines is 1. The highest BCUT2D eigenvalue weighted by molar-refractivity contribution is 8.76. The predicted molar refractivity (Wildman–Crippen MR) is 227 cm³/mol. The van der Waals surface area contributed by atoms with E-state index in [-0.39, 0.29) is 45.3 Å². The number of ether oxygens (including phenoxy) is 3. The number of benzene rings is 2. The first kappa shape index (κ1) is 49.5. The molecular formula is C34H39N8O16P3S2. The fraction of sp³-hybridized carbons (Fsp3) is 0.353. The number of carbonyl (C=O) groups excluding carboxylic acids is 2. The van der Waals surface area contributed by atoms with Crippen molar-refractivity contribution in [1.82, 2.24) is 14.5 Å². The molecule has 0 saturated carbocycles. The van der Waals surface area contributed by atoms with E-state index in [2.05, 4.69) is 40.5 Å². The van der Waals surface area contributed by atoms with Crippen LogP contribution in [-0.4, -0.2) is 83.8 Å². The Morgan fingerprint density at radius 3 is 2.40 bits per heavy atom. The number of esters is 2. The first-order valence-electron chi connectivity index (χ1n) is 18.1. The molecule has 1 fully saturated rings.